The third-order valence-electron chi connectivity index (χ3n) is 2.85. The van der Waals surface area contributed by atoms with Crippen molar-refractivity contribution in [3.63, 3.8) is 0 Å². The molecular weight excluding hydrogens is 231 g/mol. The zero-order chi connectivity index (χ0) is 12.5. The maximum absolute atomic E-state index is 13.1. The van der Waals surface area contributed by atoms with Crippen LogP contribution in [0.15, 0.2) is 52.9 Å². The molecule has 0 spiro atoms. The number of rotatable bonds is 2. The first kappa shape index (κ1) is 10.8. The maximum Gasteiger partial charge on any atom is 0.135 e. The van der Waals surface area contributed by atoms with Crippen molar-refractivity contribution in [2.45, 2.75) is 0 Å². The molecule has 0 N–H and O–H groups in total. The van der Waals surface area contributed by atoms with Gasteiger partial charge in [-0.05, 0) is 48.5 Å². The molecule has 0 bridgehead atoms. The van der Waals surface area contributed by atoms with Crippen LogP contribution in [0.5, 0.6) is 5.75 Å². The minimum Gasteiger partial charge on any atom is -0.497 e. The van der Waals surface area contributed by atoms with Gasteiger partial charge < -0.3 is 9.15 Å². The van der Waals surface area contributed by atoms with Crippen LogP contribution < -0.4 is 4.74 Å². The summed E-state index contributed by atoms with van der Waals surface area (Å²) in [5.41, 5.74) is 1.62. The number of furan rings is 1. The van der Waals surface area contributed by atoms with Gasteiger partial charge in [-0.1, -0.05) is 0 Å². The van der Waals surface area contributed by atoms with Crippen LogP contribution >= 0.6 is 0 Å². The minimum atomic E-state index is -0.260. The molecule has 3 heteroatoms. The largest absolute Gasteiger partial charge is 0.497 e. The highest BCUT2D eigenvalue weighted by molar-refractivity contribution is 5.82. The molecule has 0 fully saturated rings. The summed E-state index contributed by atoms with van der Waals surface area (Å²) in [6, 6.07) is 13.9. The SMILES string of the molecule is COc1ccc(-c2cc3cc(F)ccc3o2)cc1. The first-order chi connectivity index (χ1) is 8.76. The van der Waals surface area contributed by atoms with E-state index in [4.69, 9.17) is 9.15 Å². The van der Waals surface area contributed by atoms with Gasteiger partial charge in [-0.2, -0.15) is 0 Å². The first-order valence-corrected chi connectivity index (χ1v) is 5.60. The summed E-state index contributed by atoms with van der Waals surface area (Å²) in [4.78, 5) is 0. The fraction of sp³-hybridized carbons (Fsp3) is 0.0667. The number of fused-ring (bicyclic) bond motifs is 1. The number of halogens is 1. The van der Waals surface area contributed by atoms with Crippen molar-refractivity contribution < 1.29 is 13.5 Å². The summed E-state index contributed by atoms with van der Waals surface area (Å²) in [5, 5.41) is 0.765. The number of hydrogen-bond acceptors (Lipinski definition) is 2. The number of ether oxygens (including phenoxy) is 1. The van der Waals surface area contributed by atoms with Gasteiger partial charge in [0.1, 0.15) is 22.9 Å². The first-order valence-electron chi connectivity index (χ1n) is 5.60. The average molecular weight is 242 g/mol. The summed E-state index contributed by atoms with van der Waals surface area (Å²) >= 11 is 0. The van der Waals surface area contributed by atoms with Crippen molar-refractivity contribution in [3.8, 4) is 17.1 Å². The number of hydrogen-bond donors (Lipinski definition) is 0. The van der Waals surface area contributed by atoms with Crippen molar-refractivity contribution in [3.05, 3.63) is 54.3 Å². The fourth-order valence-electron chi connectivity index (χ4n) is 1.91. The van der Waals surface area contributed by atoms with Crippen molar-refractivity contribution >= 4 is 11.0 Å². The van der Waals surface area contributed by atoms with E-state index in [9.17, 15) is 4.39 Å². The molecule has 3 rings (SSSR count). The average Bonchev–Trinajstić information content (AvgIpc) is 2.81. The summed E-state index contributed by atoms with van der Waals surface area (Å²) in [7, 11) is 1.62. The van der Waals surface area contributed by atoms with Gasteiger partial charge in [0, 0.05) is 10.9 Å². The van der Waals surface area contributed by atoms with E-state index in [2.05, 4.69) is 0 Å². The summed E-state index contributed by atoms with van der Waals surface area (Å²) in [6.45, 7) is 0. The lowest BCUT2D eigenvalue weighted by atomic mass is 10.1. The van der Waals surface area contributed by atoms with E-state index in [1.807, 2.05) is 30.3 Å². The lowest BCUT2D eigenvalue weighted by Crippen LogP contribution is -1.81. The fourth-order valence-corrected chi connectivity index (χ4v) is 1.91. The highest BCUT2D eigenvalue weighted by atomic mass is 19.1. The molecule has 0 saturated heterocycles. The predicted octanol–water partition coefficient (Wildman–Crippen LogP) is 4.25. The van der Waals surface area contributed by atoms with Crippen LogP contribution in [0.3, 0.4) is 0 Å². The molecule has 1 aromatic heterocycles. The van der Waals surface area contributed by atoms with Gasteiger partial charge in [-0.3, -0.25) is 0 Å². The number of methoxy groups -OCH3 is 1. The molecule has 0 aliphatic rings. The van der Waals surface area contributed by atoms with E-state index >= 15 is 0 Å². The zero-order valence-corrected chi connectivity index (χ0v) is 9.81. The van der Waals surface area contributed by atoms with Crippen molar-refractivity contribution in [2.24, 2.45) is 0 Å². The van der Waals surface area contributed by atoms with Crippen molar-refractivity contribution in [2.75, 3.05) is 7.11 Å². The van der Waals surface area contributed by atoms with Gasteiger partial charge in [0.05, 0.1) is 7.11 Å². The second-order valence-corrected chi connectivity index (χ2v) is 4.02. The Kier molecular flexibility index (Phi) is 2.52. The van der Waals surface area contributed by atoms with E-state index in [1.54, 1.807) is 13.2 Å². The molecule has 0 amide bonds. The Hall–Kier alpha value is -2.29. The molecule has 90 valence electrons. The van der Waals surface area contributed by atoms with E-state index in [0.717, 1.165) is 22.5 Å². The monoisotopic (exact) mass is 242 g/mol. The van der Waals surface area contributed by atoms with Crippen LogP contribution in [-0.4, -0.2) is 7.11 Å². The summed E-state index contributed by atoms with van der Waals surface area (Å²) < 4.78 is 23.9. The van der Waals surface area contributed by atoms with Crippen molar-refractivity contribution in [1.82, 2.24) is 0 Å². The lowest BCUT2D eigenvalue weighted by molar-refractivity contribution is 0.415. The molecule has 0 saturated carbocycles. The molecule has 3 aromatic rings. The van der Waals surface area contributed by atoms with Crippen molar-refractivity contribution in [1.29, 1.82) is 0 Å². The third kappa shape index (κ3) is 1.84. The van der Waals surface area contributed by atoms with Crippen LogP contribution in [0.25, 0.3) is 22.3 Å². The quantitative estimate of drug-likeness (QED) is 0.670. The smallest absolute Gasteiger partial charge is 0.135 e. The van der Waals surface area contributed by atoms with E-state index in [-0.39, 0.29) is 5.82 Å². The Labute approximate surface area is 104 Å². The van der Waals surface area contributed by atoms with Gasteiger partial charge in [0.25, 0.3) is 0 Å². The molecule has 2 nitrogen and oxygen atoms in total. The Bertz CT molecular complexity index is 683. The molecule has 0 unspecified atom stereocenters. The Morgan fingerprint density at radius 2 is 1.78 bits per heavy atom. The van der Waals surface area contributed by atoms with Crippen LogP contribution in [0.1, 0.15) is 0 Å². The molecular formula is C15H11FO2. The normalized spacial score (nSPS) is 10.8. The molecule has 1 heterocycles. The summed E-state index contributed by atoms with van der Waals surface area (Å²) in [6.07, 6.45) is 0. The molecule has 0 aliphatic carbocycles. The maximum atomic E-state index is 13.1. The molecule has 0 atom stereocenters. The Balaban J connectivity index is 2.07. The number of benzene rings is 2. The lowest BCUT2D eigenvalue weighted by Gasteiger charge is -2.00. The molecule has 0 radical (unpaired) electrons. The minimum absolute atomic E-state index is 0.260. The van der Waals surface area contributed by atoms with Gasteiger partial charge >= 0.3 is 0 Å². The zero-order valence-electron chi connectivity index (χ0n) is 9.81. The van der Waals surface area contributed by atoms with Crippen LogP contribution in [0.2, 0.25) is 0 Å². The molecule has 18 heavy (non-hydrogen) atoms. The molecule has 2 aromatic carbocycles. The van der Waals surface area contributed by atoms with Gasteiger partial charge in [0.15, 0.2) is 0 Å². The van der Waals surface area contributed by atoms with Gasteiger partial charge in [-0.25, -0.2) is 4.39 Å². The highest BCUT2D eigenvalue weighted by Gasteiger charge is 2.07. The third-order valence-corrected chi connectivity index (χ3v) is 2.85. The van der Waals surface area contributed by atoms with E-state index in [0.29, 0.717) is 5.58 Å². The second-order valence-electron chi connectivity index (χ2n) is 4.02. The Morgan fingerprint density at radius 1 is 1.00 bits per heavy atom. The van der Waals surface area contributed by atoms with Gasteiger partial charge in [-0.15, -0.1) is 0 Å². The summed E-state index contributed by atoms with van der Waals surface area (Å²) in [5.74, 6) is 1.25. The second kappa shape index (κ2) is 4.18. The van der Waals surface area contributed by atoms with Crippen LogP contribution in [0.4, 0.5) is 4.39 Å². The topological polar surface area (TPSA) is 22.4 Å². The molecule has 0 aliphatic heterocycles. The highest BCUT2D eigenvalue weighted by Crippen LogP contribution is 2.29. The van der Waals surface area contributed by atoms with E-state index in [1.165, 1.54) is 12.1 Å². The van der Waals surface area contributed by atoms with Crippen LogP contribution in [-0.2, 0) is 0 Å². The van der Waals surface area contributed by atoms with Crippen LogP contribution in [0, 0.1) is 5.82 Å². The van der Waals surface area contributed by atoms with E-state index < -0.39 is 0 Å². The standard InChI is InChI=1S/C15H11FO2/c1-17-13-5-2-10(3-6-13)15-9-11-8-12(16)4-7-14(11)18-15/h2-9H,1H3. The predicted molar refractivity (Wildman–Crippen MR) is 68.2 cm³/mol. The van der Waals surface area contributed by atoms with Gasteiger partial charge in [0.2, 0.25) is 0 Å². The Morgan fingerprint density at radius 3 is 2.50 bits per heavy atom.